The number of hydrogen-bond donors (Lipinski definition) is 0. The summed E-state index contributed by atoms with van der Waals surface area (Å²) >= 11 is 0. The first-order valence-corrected chi connectivity index (χ1v) is 10.4. The van der Waals surface area contributed by atoms with Gasteiger partial charge >= 0.3 is 11.9 Å². The van der Waals surface area contributed by atoms with Crippen LogP contribution >= 0.6 is 0 Å². The minimum absolute atomic E-state index is 0.271. The summed E-state index contributed by atoms with van der Waals surface area (Å²) in [5, 5.41) is 0. The van der Waals surface area contributed by atoms with Gasteiger partial charge in [-0.1, -0.05) is 36.4 Å². The molecular weight excluding hydrogens is 396 g/mol. The fraction of sp³-hybridized carbons (Fsp3) is 0.333. The van der Waals surface area contributed by atoms with Crippen LogP contribution < -0.4 is 9.80 Å². The summed E-state index contributed by atoms with van der Waals surface area (Å²) < 4.78 is 5.02. The van der Waals surface area contributed by atoms with Crippen LogP contribution in [0.3, 0.4) is 0 Å². The highest BCUT2D eigenvalue weighted by Gasteiger charge is 2.44. The van der Waals surface area contributed by atoms with Crippen molar-refractivity contribution in [3.05, 3.63) is 59.7 Å². The minimum atomic E-state index is -1.03. The highest BCUT2D eigenvalue weighted by molar-refractivity contribution is 6.13. The lowest BCUT2D eigenvalue weighted by Crippen LogP contribution is -2.35. The van der Waals surface area contributed by atoms with Crippen LogP contribution in [-0.4, -0.2) is 36.8 Å². The molecule has 0 spiro atoms. The third kappa shape index (κ3) is 3.83. The molecule has 2 aromatic carbocycles. The molecule has 2 aliphatic heterocycles. The van der Waals surface area contributed by atoms with Crippen LogP contribution in [0.4, 0.5) is 11.4 Å². The molecule has 31 heavy (non-hydrogen) atoms. The monoisotopic (exact) mass is 420 g/mol. The van der Waals surface area contributed by atoms with Crippen LogP contribution in [0.25, 0.3) is 0 Å². The van der Waals surface area contributed by atoms with Crippen molar-refractivity contribution in [3.63, 3.8) is 0 Å². The van der Waals surface area contributed by atoms with Crippen molar-refractivity contribution in [2.45, 2.75) is 26.7 Å². The van der Waals surface area contributed by atoms with E-state index in [9.17, 15) is 19.2 Å². The van der Waals surface area contributed by atoms with Gasteiger partial charge in [0.1, 0.15) is 11.8 Å². The van der Waals surface area contributed by atoms with Crippen molar-refractivity contribution < 1.29 is 23.9 Å². The zero-order valence-electron chi connectivity index (χ0n) is 17.5. The van der Waals surface area contributed by atoms with Gasteiger partial charge < -0.3 is 14.5 Å². The normalized spacial score (nSPS) is 21.0. The Labute approximate surface area is 180 Å². The molecule has 2 heterocycles. The first-order chi connectivity index (χ1) is 14.9. The van der Waals surface area contributed by atoms with E-state index in [2.05, 4.69) is 0 Å². The smallest absolute Gasteiger partial charge is 0.326 e. The van der Waals surface area contributed by atoms with E-state index in [1.54, 1.807) is 9.80 Å². The van der Waals surface area contributed by atoms with E-state index in [1.165, 1.54) is 0 Å². The summed E-state index contributed by atoms with van der Waals surface area (Å²) in [5.41, 5.74) is 3.34. The van der Waals surface area contributed by atoms with Gasteiger partial charge in [-0.25, -0.2) is 0 Å². The fourth-order valence-electron chi connectivity index (χ4n) is 4.25. The molecule has 0 N–H and O–H groups in total. The maximum Gasteiger partial charge on any atom is 0.326 e. The van der Waals surface area contributed by atoms with Gasteiger partial charge in [0.25, 0.3) is 0 Å². The van der Waals surface area contributed by atoms with E-state index in [4.69, 9.17) is 4.74 Å². The molecular formula is C24H24N2O5. The van der Waals surface area contributed by atoms with E-state index in [0.717, 1.165) is 22.5 Å². The predicted molar refractivity (Wildman–Crippen MR) is 114 cm³/mol. The van der Waals surface area contributed by atoms with Gasteiger partial charge in [-0.05, 0) is 49.9 Å². The summed E-state index contributed by atoms with van der Waals surface area (Å²) in [6, 6.07) is 14.8. The molecule has 2 atom stereocenters. The standard InChI is InChI=1S/C24H24N2O5/c1-15-7-3-5-9-19(15)25-13-11-17(21(25)27)23(29)31-24(30)18-12-14-26(22(18)28)20-10-6-4-8-16(20)2/h3-10,17-18H,11-14H2,1-2H3. The number of nitrogens with zero attached hydrogens (tertiary/aromatic N) is 2. The number of carbonyl (C=O) groups is 4. The highest BCUT2D eigenvalue weighted by Crippen LogP contribution is 2.31. The van der Waals surface area contributed by atoms with E-state index >= 15 is 0 Å². The Morgan fingerprint density at radius 2 is 1.13 bits per heavy atom. The SMILES string of the molecule is Cc1ccccc1N1CCC(C(=O)OC(=O)C2CCN(c3ccccc3C)C2=O)C1=O. The van der Waals surface area contributed by atoms with E-state index in [-0.39, 0.29) is 24.7 Å². The molecule has 2 saturated heterocycles. The molecule has 160 valence electrons. The molecule has 2 amide bonds. The first-order valence-electron chi connectivity index (χ1n) is 10.4. The molecule has 0 aromatic heterocycles. The fourth-order valence-corrected chi connectivity index (χ4v) is 4.25. The van der Waals surface area contributed by atoms with Gasteiger partial charge in [-0.15, -0.1) is 0 Å². The summed E-state index contributed by atoms with van der Waals surface area (Å²) in [7, 11) is 0. The zero-order chi connectivity index (χ0) is 22.1. The molecule has 2 aromatic rings. The van der Waals surface area contributed by atoms with Crippen molar-refractivity contribution in [1.29, 1.82) is 0 Å². The molecule has 2 aliphatic rings. The van der Waals surface area contributed by atoms with Crippen LogP contribution in [0.15, 0.2) is 48.5 Å². The number of carbonyl (C=O) groups excluding carboxylic acids is 4. The zero-order valence-corrected chi connectivity index (χ0v) is 17.5. The van der Waals surface area contributed by atoms with Crippen molar-refractivity contribution in [2.75, 3.05) is 22.9 Å². The largest absolute Gasteiger partial charge is 0.392 e. The molecule has 0 aliphatic carbocycles. The van der Waals surface area contributed by atoms with Crippen molar-refractivity contribution in [3.8, 4) is 0 Å². The van der Waals surface area contributed by atoms with Gasteiger partial charge in [0.2, 0.25) is 11.8 Å². The average molecular weight is 420 g/mol. The highest BCUT2D eigenvalue weighted by atomic mass is 16.6. The number of para-hydroxylation sites is 2. The Kier molecular flexibility index (Phi) is 5.59. The van der Waals surface area contributed by atoms with Gasteiger partial charge in [-0.2, -0.15) is 0 Å². The number of ether oxygens (including phenoxy) is 1. The van der Waals surface area contributed by atoms with Crippen molar-refractivity contribution >= 4 is 35.1 Å². The van der Waals surface area contributed by atoms with Crippen LogP contribution in [0.5, 0.6) is 0 Å². The Hall–Kier alpha value is -3.48. The lowest BCUT2D eigenvalue weighted by molar-refractivity contribution is -0.166. The van der Waals surface area contributed by atoms with Gasteiger partial charge in [-0.3, -0.25) is 19.2 Å². The van der Waals surface area contributed by atoms with Gasteiger partial charge in [0.05, 0.1) is 0 Å². The lowest BCUT2D eigenvalue weighted by atomic mass is 10.1. The summed E-state index contributed by atoms with van der Waals surface area (Å²) in [5.74, 6) is -4.60. The number of aryl methyl sites for hydroxylation is 2. The topological polar surface area (TPSA) is 84.0 Å². The van der Waals surface area contributed by atoms with Crippen molar-refractivity contribution in [2.24, 2.45) is 11.8 Å². The van der Waals surface area contributed by atoms with E-state index < -0.39 is 23.8 Å². The molecule has 2 fully saturated rings. The minimum Gasteiger partial charge on any atom is -0.392 e. The Bertz CT molecular complexity index is 980. The van der Waals surface area contributed by atoms with E-state index in [0.29, 0.717) is 13.1 Å². The molecule has 0 saturated carbocycles. The van der Waals surface area contributed by atoms with Crippen LogP contribution in [0.1, 0.15) is 24.0 Å². The Morgan fingerprint density at radius 3 is 1.52 bits per heavy atom. The number of rotatable bonds is 4. The average Bonchev–Trinajstić information content (AvgIpc) is 3.31. The maximum atomic E-state index is 12.8. The molecule has 7 nitrogen and oxygen atoms in total. The van der Waals surface area contributed by atoms with E-state index in [1.807, 2.05) is 62.4 Å². The van der Waals surface area contributed by atoms with Gasteiger partial charge in [0, 0.05) is 24.5 Å². The summed E-state index contributed by atoms with van der Waals surface area (Å²) in [6.07, 6.45) is 0.542. The number of hydrogen-bond acceptors (Lipinski definition) is 5. The molecule has 0 bridgehead atoms. The second-order valence-corrected chi connectivity index (χ2v) is 7.98. The third-order valence-corrected chi connectivity index (χ3v) is 5.99. The second-order valence-electron chi connectivity index (χ2n) is 7.98. The molecule has 4 rings (SSSR count). The maximum absolute atomic E-state index is 12.8. The summed E-state index contributed by atoms with van der Waals surface area (Å²) in [4.78, 5) is 53.8. The lowest BCUT2D eigenvalue weighted by Gasteiger charge is -2.19. The van der Waals surface area contributed by atoms with Crippen LogP contribution in [0.2, 0.25) is 0 Å². The quantitative estimate of drug-likeness (QED) is 0.561. The van der Waals surface area contributed by atoms with Crippen LogP contribution in [0, 0.1) is 25.7 Å². The first kappa shape index (κ1) is 20.8. The van der Waals surface area contributed by atoms with Crippen molar-refractivity contribution in [1.82, 2.24) is 0 Å². The Morgan fingerprint density at radius 1 is 0.742 bits per heavy atom. The third-order valence-electron chi connectivity index (χ3n) is 5.99. The molecule has 0 radical (unpaired) electrons. The number of benzene rings is 2. The predicted octanol–water partition coefficient (Wildman–Crippen LogP) is 2.78. The van der Waals surface area contributed by atoms with Crippen LogP contribution in [-0.2, 0) is 23.9 Å². The van der Waals surface area contributed by atoms with Gasteiger partial charge in [0.15, 0.2) is 0 Å². The molecule has 2 unspecified atom stereocenters. The Balaban J connectivity index is 1.41. The second kappa shape index (κ2) is 8.34. The number of anilines is 2. The summed E-state index contributed by atoms with van der Waals surface area (Å²) in [6.45, 7) is 4.54. The number of amides is 2. The molecule has 7 heteroatoms. The number of esters is 2.